The van der Waals surface area contributed by atoms with E-state index < -0.39 is 0 Å². The van der Waals surface area contributed by atoms with E-state index in [0.29, 0.717) is 17.1 Å². The Morgan fingerprint density at radius 2 is 1.88 bits per heavy atom. The Morgan fingerprint density at radius 1 is 1.08 bits per heavy atom. The summed E-state index contributed by atoms with van der Waals surface area (Å²) in [5, 5.41) is 35.8. The molecule has 136 valence electrons. The van der Waals surface area contributed by atoms with Crippen molar-refractivity contribution in [2.45, 2.75) is 51.7 Å². The molecule has 6 heteroatoms. The van der Waals surface area contributed by atoms with E-state index in [4.69, 9.17) is 0 Å². The number of aliphatic hydroxyl groups excluding tert-OH is 1. The van der Waals surface area contributed by atoms with Crippen LogP contribution < -0.4 is 5.32 Å². The lowest BCUT2D eigenvalue weighted by molar-refractivity contribution is 0.116. The highest BCUT2D eigenvalue weighted by molar-refractivity contribution is 7.17. The number of thiophene rings is 1. The highest BCUT2D eigenvalue weighted by Crippen LogP contribution is 2.39. The highest BCUT2D eigenvalue weighted by Gasteiger charge is 2.24. The quantitative estimate of drug-likeness (QED) is 0.638. The summed E-state index contributed by atoms with van der Waals surface area (Å²) in [6.07, 6.45) is 3.63. The Morgan fingerprint density at radius 3 is 2.69 bits per heavy atom. The maximum absolute atomic E-state index is 10.7. The van der Waals surface area contributed by atoms with E-state index >= 15 is 0 Å². The summed E-state index contributed by atoms with van der Waals surface area (Å²) in [6, 6.07) is 5.87. The average molecular weight is 369 g/mol. The van der Waals surface area contributed by atoms with Crippen LogP contribution in [0.15, 0.2) is 23.6 Å². The lowest BCUT2D eigenvalue weighted by atomic mass is 9.92. The first-order chi connectivity index (χ1) is 12.6. The number of benzene rings is 1. The second kappa shape index (κ2) is 6.85. The van der Waals surface area contributed by atoms with E-state index in [9.17, 15) is 10.2 Å². The van der Waals surface area contributed by atoms with Gasteiger partial charge in [0.05, 0.1) is 17.8 Å². The lowest BCUT2D eigenvalue weighted by Gasteiger charge is -2.29. The fourth-order valence-electron chi connectivity index (χ4n) is 3.67. The van der Waals surface area contributed by atoms with Crippen LogP contribution in [0, 0.1) is 13.8 Å². The predicted molar refractivity (Wildman–Crippen MR) is 106 cm³/mol. The van der Waals surface area contributed by atoms with Gasteiger partial charge in [-0.3, -0.25) is 0 Å². The van der Waals surface area contributed by atoms with Crippen LogP contribution in [0.4, 0.5) is 5.82 Å². The second-order valence-electron chi connectivity index (χ2n) is 7.04. The Balaban J connectivity index is 1.70. The number of hydrogen-bond acceptors (Lipinski definition) is 6. The van der Waals surface area contributed by atoms with Crippen LogP contribution in [0.5, 0.6) is 5.75 Å². The Bertz CT molecular complexity index is 954. The number of anilines is 1. The Kier molecular flexibility index (Phi) is 4.54. The minimum absolute atomic E-state index is 0.0255. The molecule has 1 fully saturated rings. The molecule has 26 heavy (non-hydrogen) atoms. The molecule has 0 saturated heterocycles. The van der Waals surface area contributed by atoms with Crippen LogP contribution >= 0.6 is 11.3 Å². The minimum Gasteiger partial charge on any atom is -0.507 e. The predicted octanol–water partition coefficient (Wildman–Crippen LogP) is 4.40. The maximum atomic E-state index is 10.7. The molecule has 0 radical (unpaired) electrons. The van der Waals surface area contributed by atoms with E-state index in [0.717, 1.165) is 46.9 Å². The van der Waals surface area contributed by atoms with Crippen molar-refractivity contribution in [3.8, 4) is 17.0 Å². The van der Waals surface area contributed by atoms with Gasteiger partial charge in [0.15, 0.2) is 5.82 Å². The number of nitrogens with one attached hydrogen (secondary N) is 1. The molecular formula is C20H23N3O2S. The highest BCUT2D eigenvalue weighted by atomic mass is 32.1. The zero-order valence-corrected chi connectivity index (χ0v) is 15.8. The van der Waals surface area contributed by atoms with Gasteiger partial charge in [-0.15, -0.1) is 21.5 Å². The number of aromatic nitrogens is 2. The normalized spacial score (nSPS) is 20.4. The van der Waals surface area contributed by atoms with Gasteiger partial charge in [-0.05, 0) is 61.4 Å². The summed E-state index contributed by atoms with van der Waals surface area (Å²) in [5.41, 5.74) is 3.38. The number of fused-ring (bicyclic) bond motifs is 1. The molecule has 3 aromatic rings. The molecule has 4 rings (SSSR count). The smallest absolute Gasteiger partial charge is 0.152 e. The second-order valence-corrected chi connectivity index (χ2v) is 7.99. The first-order valence-electron chi connectivity index (χ1n) is 9.04. The van der Waals surface area contributed by atoms with Crippen LogP contribution in [0.2, 0.25) is 0 Å². The van der Waals surface area contributed by atoms with Gasteiger partial charge in [0.2, 0.25) is 0 Å². The zero-order valence-electron chi connectivity index (χ0n) is 15.0. The van der Waals surface area contributed by atoms with Crippen molar-refractivity contribution in [1.29, 1.82) is 0 Å². The van der Waals surface area contributed by atoms with Gasteiger partial charge in [0.1, 0.15) is 5.75 Å². The topological polar surface area (TPSA) is 78.3 Å². The van der Waals surface area contributed by atoms with Crippen molar-refractivity contribution in [3.05, 3.63) is 34.7 Å². The third-order valence-corrected chi connectivity index (χ3v) is 6.32. The summed E-state index contributed by atoms with van der Waals surface area (Å²) in [7, 11) is 0. The largest absolute Gasteiger partial charge is 0.507 e. The SMILES string of the molecule is Cc1c(N[C@H]2CCCC[C@@H]2O)nnc(-c2ccc3sccc3c2O)c1C. The van der Waals surface area contributed by atoms with Crippen molar-refractivity contribution in [1.82, 2.24) is 10.2 Å². The summed E-state index contributed by atoms with van der Waals surface area (Å²) in [6.45, 7) is 4.00. The van der Waals surface area contributed by atoms with E-state index in [1.54, 1.807) is 11.3 Å². The van der Waals surface area contributed by atoms with E-state index in [-0.39, 0.29) is 17.9 Å². The standard InChI is InChI=1S/C20H23N3O2S/c1-11-12(2)20(21-15-5-3-4-6-16(15)24)23-22-18(11)14-7-8-17-13(19(14)25)9-10-26-17/h7-10,15-16,24-25H,3-6H2,1-2H3,(H,21,23)/t15-,16-/m0/s1. The molecule has 0 bridgehead atoms. The first kappa shape index (κ1) is 17.2. The van der Waals surface area contributed by atoms with E-state index in [1.807, 2.05) is 37.4 Å². The maximum Gasteiger partial charge on any atom is 0.152 e. The van der Waals surface area contributed by atoms with Crippen molar-refractivity contribution in [2.75, 3.05) is 5.32 Å². The molecule has 2 atom stereocenters. The number of hydrogen-bond donors (Lipinski definition) is 3. The van der Waals surface area contributed by atoms with Gasteiger partial charge in [0, 0.05) is 15.6 Å². The minimum atomic E-state index is -0.338. The molecule has 2 aromatic heterocycles. The molecule has 1 saturated carbocycles. The molecule has 1 aliphatic rings. The lowest BCUT2D eigenvalue weighted by Crippen LogP contribution is -2.36. The summed E-state index contributed by atoms with van der Waals surface area (Å²) in [5.74, 6) is 0.970. The van der Waals surface area contributed by atoms with Gasteiger partial charge in [-0.2, -0.15) is 0 Å². The number of phenolic OH excluding ortho intramolecular Hbond substituents is 1. The number of rotatable bonds is 3. The van der Waals surface area contributed by atoms with Crippen LogP contribution in [0.25, 0.3) is 21.3 Å². The van der Waals surface area contributed by atoms with Crippen molar-refractivity contribution >= 4 is 27.2 Å². The summed E-state index contributed by atoms with van der Waals surface area (Å²) in [4.78, 5) is 0. The van der Waals surface area contributed by atoms with E-state index in [1.165, 1.54) is 0 Å². The fourth-order valence-corrected chi connectivity index (χ4v) is 4.46. The Hall–Kier alpha value is -2.18. The molecule has 0 unspecified atom stereocenters. The molecule has 1 aliphatic carbocycles. The van der Waals surface area contributed by atoms with Crippen molar-refractivity contribution < 1.29 is 10.2 Å². The number of aliphatic hydroxyl groups is 1. The zero-order chi connectivity index (χ0) is 18.3. The van der Waals surface area contributed by atoms with Crippen molar-refractivity contribution in [2.24, 2.45) is 0 Å². The molecular weight excluding hydrogens is 346 g/mol. The molecule has 5 nitrogen and oxygen atoms in total. The fraction of sp³-hybridized carbons (Fsp3) is 0.400. The molecule has 0 aliphatic heterocycles. The van der Waals surface area contributed by atoms with E-state index in [2.05, 4.69) is 15.5 Å². The molecule has 1 aromatic carbocycles. The van der Waals surface area contributed by atoms with Crippen LogP contribution in [0.3, 0.4) is 0 Å². The van der Waals surface area contributed by atoms with Crippen LogP contribution in [-0.4, -0.2) is 32.6 Å². The van der Waals surface area contributed by atoms with Gasteiger partial charge in [-0.25, -0.2) is 0 Å². The van der Waals surface area contributed by atoms with Gasteiger partial charge >= 0.3 is 0 Å². The average Bonchev–Trinajstić information content (AvgIpc) is 3.12. The third-order valence-electron chi connectivity index (χ3n) is 5.44. The van der Waals surface area contributed by atoms with Crippen LogP contribution in [0.1, 0.15) is 36.8 Å². The van der Waals surface area contributed by atoms with Gasteiger partial charge in [0.25, 0.3) is 0 Å². The number of phenols is 1. The third kappa shape index (κ3) is 2.93. The monoisotopic (exact) mass is 369 g/mol. The number of nitrogens with zero attached hydrogens (tertiary/aromatic N) is 2. The molecule has 2 heterocycles. The van der Waals surface area contributed by atoms with Crippen LogP contribution in [-0.2, 0) is 0 Å². The van der Waals surface area contributed by atoms with Gasteiger partial charge in [-0.1, -0.05) is 12.8 Å². The summed E-state index contributed by atoms with van der Waals surface area (Å²) < 4.78 is 1.05. The molecule has 0 amide bonds. The Labute approximate surface area is 156 Å². The first-order valence-corrected chi connectivity index (χ1v) is 9.92. The molecule has 3 N–H and O–H groups in total. The number of aromatic hydroxyl groups is 1. The van der Waals surface area contributed by atoms with Crippen molar-refractivity contribution in [3.63, 3.8) is 0 Å². The van der Waals surface area contributed by atoms with Gasteiger partial charge < -0.3 is 15.5 Å². The summed E-state index contributed by atoms with van der Waals surface area (Å²) >= 11 is 1.61. The molecule has 0 spiro atoms.